The fourth-order valence-corrected chi connectivity index (χ4v) is 2.08. The predicted octanol–water partition coefficient (Wildman–Crippen LogP) is 1.39. The zero-order valence-electron chi connectivity index (χ0n) is 10.0. The molecule has 94 valence electrons. The molecule has 6 heteroatoms. The number of nitrogens with two attached hydrogens (primary N) is 1. The van der Waals surface area contributed by atoms with Crippen LogP contribution >= 0.6 is 15.9 Å². The molecule has 0 atom stereocenters. The normalized spacial score (nSPS) is 10.1. The first-order valence-electron chi connectivity index (χ1n) is 5.45. The zero-order valence-corrected chi connectivity index (χ0v) is 11.6. The van der Waals surface area contributed by atoms with Crippen LogP contribution in [0.2, 0.25) is 0 Å². The van der Waals surface area contributed by atoms with Crippen molar-refractivity contribution in [2.75, 3.05) is 30.8 Å². The van der Waals surface area contributed by atoms with Gasteiger partial charge in [0.1, 0.15) is 5.82 Å². The average molecular weight is 301 g/mol. The van der Waals surface area contributed by atoms with Gasteiger partial charge in [-0.05, 0) is 28.4 Å². The summed E-state index contributed by atoms with van der Waals surface area (Å²) >= 11 is 3.41. The maximum Gasteiger partial charge on any atom is 0.239 e. The molecule has 0 saturated heterocycles. The number of nitrogens with zero attached hydrogens (tertiary/aromatic N) is 2. The third-order valence-electron chi connectivity index (χ3n) is 2.25. The first kappa shape index (κ1) is 13.8. The van der Waals surface area contributed by atoms with Crippen molar-refractivity contribution >= 4 is 33.3 Å². The number of carbonyl (C=O) groups is 1. The van der Waals surface area contributed by atoms with Crippen LogP contribution in [0, 0.1) is 0 Å². The van der Waals surface area contributed by atoms with E-state index < -0.39 is 0 Å². The second-order valence-electron chi connectivity index (χ2n) is 3.67. The minimum Gasteiger partial charge on any atom is -0.397 e. The Morgan fingerprint density at radius 3 is 2.88 bits per heavy atom. The van der Waals surface area contributed by atoms with E-state index in [1.807, 2.05) is 4.90 Å². The highest BCUT2D eigenvalue weighted by Gasteiger charge is 2.14. The van der Waals surface area contributed by atoms with Crippen LogP contribution in [0.25, 0.3) is 0 Å². The molecule has 1 aromatic rings. The van der Waals surface area contributed by atoms with E-state index >= 15 is 0 Å². The minimum absolute atomic E-state index is 0.0380. The summed E-state index contributed by atoms with van der Waals surface area (Å²) in [5, 5.41) is 2.61. The van der Waals surface area contributed by atoms with E-state index in [-0.39, 0.29) is 5.91 Å². The van der Waals surface area contributed by atoms with E-state index in [1.54, 1.807) is 19.3 Å². The Morgan fingerprint density at radius 2 is 2.35 bits per heavy atom. The summed E-state index contributed by atoms with van der Waals surface area (Å²) in [7, 11) is 1.62. The monoisotopic (exact) mass is 300 g/mol. The average Bonchev–Trinajstić information content (AvgIpc) is 2.28. The summed E-state index contributed by atoms with van der Waals surface area (Å²) in [6, 6.07) is 1.79. The number of anilines is 2. The molecule has 0 spiro atoms. The highest BCUT2D eigenvalue weighted by Crippen LogP contribution is 2.25. The Hall–Kier alpha value is -1.30. The van der Waals surface area contributed by atoms with Crippen molar-refractivity contribution in [3.05, 3.63) is 16.7 Å². The number of aromatic nitrogens is 1. The van der Waals surface area contributed by atoms with Gasteiger partial charge in [0.15, 0.2) is 0 Å². The second kappa shape index (κ2) is 6.44. The number of hydrogen-bond donors (Lipinski definition) is 2. The Kier molecular flexibility index (Phi) is 5.21. The molecule has 0 aliphatic heterocycles. The molecular formula is C11H17BrN4O. The van der Waals surface area contributed by atoms with Crippen LogP contribution < -0.4 is 16.0 Å². The summed E-state index contributed by atoms with van der Waals surface area (Å²) < 4.78 is 0.801. The van der Waals surface area contributed by atoms with Crippen molar-refractivity contribution in [2.45, 2.75) is 13.3 Å². The summed E-state index contributed by atoms with van der Waals surface area (Å²) in [6.45, 7) is 3.12. The molecule has 0 bridgehead atoms. The van der Waals surface area contributed by atoms with Gasteiger partial charge in [-0.3, -0.25) is 4.79 Å². The van der Waals surface area contributed by atoms with Gasteiger partial charge < -0.3 is 16.0 Å². The van der Waals surface area contributed by atoms with Crippen LogP contribution in [-0.2, 0) is 4.79 Å². The topological polar surface area (TPSA) is 71.2 Å². The summed E-state index contributed by atoms with van der Waals surface area (Å²) in [6.07, 6.45) is 2.53. The Balaban J connectivity index is 2.92. The van der Waals surface area contributed by atoms with Gasteiger partial charge in [-0.1, -0.05) is 6.92 Å². The van der Waals surface area contributed by atoms with E-state index in [0.717, 1.165) is 23.3 Å². The van der Waals surface area contributed by atoms with Gasteiger partial charge in [-0.25, -0.2) is 4.98 Å². The van der Waals surface area contributed by atoms with E-state index in [0.29, 0.717) is 12.2 Å². The predicted molar refractivity (Wildman–Crippen MR) is 72.9 cm³/mol. The highest BCUT2D eigenvalue weighted by molar-refractivity contribution is 9.10. The molecule has 0 unspecified atom stereocenters. The van der Waals surface area contributed by atoms with E-state index in [4.69, 9.17) is 5.73 Å². The molecule has 5 nitrogen and oxygen atoms in total. The van der Waals surface area contributed by atoms with Crippen LogP contribution in [0.4, 0.5) is 11.5 Å². The van der Waals surface area contributed by atoms with Gasteiger partial charge in [0.2, 0.25) is 5.91 Å². The van der Waals surface area contributed by atoms with Crippen LogP contribution in [0.3, 0.4) is 0 Å². The first-order valence-corrected chi connectivity index (χ1v) is 6.24. The lowest BCUT2D eigenvalue weighted by Crippen LogP contribution is -2.36. The smallest absolute Gasteiger partial charge is 0.239 e. The quantitative estimate of drug-likeness (QED) is 0.862. The molecule has 0 fully saturated rings. The number of likely N-dealkylation sites (N-methyl/N-ethyl adjacent to an activating group) is 1. The molecule has 1 amide bonds. The van der Waals surface area contributed by atoms with E-state index in [2.05, 4.69) is 33.2 Å². The summed E-state index contributed by atoms with van der Waals surface area (Å²) in [4.78, 5) is 17.6. The van der Waals surface area contributed by atoms with Gasteiger partial charge in [-0.2, -0.15) is 0 Å². The van der Waals surface area contributed by atoms with Crippen molar-refractivity contribution in [1.82, 2.24) is 10.3 Å². The fraction of sp³-hybridized carbons (Fsp3) is 0.455. The number of rotatable bonds is 5. The van der Waals surface area contributed by atoms with Gasteiger partial charge in [0.25, 0.3) is 0 Å². The van der Waals surface area contributed by atoms with Crippen LogP contribution in [-0.4, -0.2) is 31.0 Å². The molecule has 0 saturated carbocycles. The number of pyridine rings is 1. The molecule has 17 heavy (non-hydrogen) atoms. The number of carbonyl (C=O) groups excluding carboxylic acids is 1. The molecule has 3 N–H and O–H groups in total. The largest absolute Gasteiger partial charge is 0.397 e. The van der Waals surface area contributed by atoms with Crippen molar-refractivity contribution in [3.63, 3.8) is 0 Å². The Morgan fingerprint density at radius 1 is 1.65 bits per heavy atom. The lowest BCUT2D eigenvalue weighted by Gasteiger charge is -2.23. The number of amides is 1. The van der Waals surface area contributed by atoms with Crippen LogP contribution in [0.1, 0.15) is 13.3 Å². The number of hydrogen-bond acceptors (Lipinski definition) is 4. The van der Waals surface area contributed by atoms with Crippen molar-refractivity contribution in [1.29, 1.82) is 0 Å². The third-order valence-corrected chi connectivity index (χ3v) is 2.83. The lowest BCUT2D eigenvalue weighted by molar-refractivity contribution is -0.119. The Labute approximate surface area is 110 Å². The molecule has 0 radical (unpaired) electrons. The van der Waals surface area contributed by atoms with Crippen molar-refractivity contribution in [2.24, 2.45) is 0 Å². The van der Waals surface area contributed by atoms with E-state index in [1.165, 1.54) is 0 Å². The molecular weight excluding hydrogens is 284 g/mol. The molecule has 1 aromatic heterocycles. The van der Waals surface area contributed by atoms with Gasteiger partial charge in [0.05, 0.1) is 22.9 Å². The van der Waals surface area contributed by atoms with Gasteiger partial charge in [0, 0.05) is 13.6 Å². The molecule has 0 aliphatic rings. The van der Waals surface area contributed by atoms with Gasteiger partial charge in [-0.15, -0.1) is 0 Å². The van der Waals surface area contributed by atoms with Gasteiger partial charge >= 0.3 is 0 Å². The summed E-state index contributed by atoms with van der Waals surface area (Å²) in [5.74, 6) is 0.702. The standard InChI is InChI=1S/C11H17BrN4O/c1-3-4-16(7-10(17)14-2)11-9(12)5-8(13)6-15-11/h5-6H,3-4,7,13H2,1-2H3,(H,14,17). The number of nitrogens with one attached hydrogen (secondary N) is 1. The van der Waals surface area contributed by atoms with Crippen molar-refractivity contribution < 1.29 is 4.79 Å². The van der Waals surface area contributed by atoms with Crippen molar-refractivity contribution in [3.8, 4) is 0 Å². The summed E-state index contributed by atoms with van der Waals surface area (Å²) in [5.41, 5.74) is 6.23. The molecule has 0 aliphatic carbocycles. The first-order chi connectivity index (χ1) is 8.08. The Bertz CT molecular complexity index is 397. The molecule has 1 rings (SSSR count). The number of halogens is 1. The van der Waals surface area contributed by atoms with Crippen LogP contribution in [0.15, 0.2) is 16.7 Å². The molecule has 1 heterocycles. The lowest BCUT2D eigenvalue weighted by atomic mass is 10.3. The SMILES string of the molecule is CCCN(CC(=O)NC)c1ncc(N)cc1Br. The highest BCUT2D eigenvalue weighted by atomic mass is 79.9. The maximum absolute atomic E-state index is 11.4. The van der Waals surface area contributed by atoms with Crippen LogP contribution in [0.5, 0.6) is 0 Å². The second-order valence-corrected chi connectivity index (χ2v) is 4.52. The van der Waals surface area contributed by atoms with E-state index in [9.17, 15) is 4.79 Å². The third kappa shape index (κ3) is 3.89. The maximum atomic E-state index is 11.4. The minimum atomic E-state index is -0.0380. The number of nitrogen functional groups attached to an aromatic ring is 1. The fourth-order valence-electron chi connectivity index (χ4n) is 1.46. The zero-order chi connectivity index (χ0) is 12.8. The molecule has 0 aromatic carbocycles.